The first-order valence-corrected chi connectivity index (χ1v) is 7.26. The van der Waals surface area contributed by atoms with Gasteiger partial charge < -0.3 is 5.32 Å². The highest BCUT2D eigenvalue weighted by Crippen LogP contribution is 2.26. The lowest BCUT2D eigenvalue weighted by molar-refractivity contribution is 0.595. The molecule has 0 aromatic carbocycles. The van der Waals surface area contributed by atoms with Crippen LogP contribution in [0.2, 0.25) is 0 Å². The number of aryl methyl sites for hydroxylation is 1. The van der Waals surface area contributed by atoms with Crippen molar-refractivity contribution >= 4 is 22.7 Å². The summed E-state index contributed by atoms with van der Waals surface area (Å²) < 4.78 is 0. The first kappa shape index (κ1) is 11.8. The first-order chi connectivity index (χ1) is 7.81. The number of hydrogen-bond acceptors (Lipinski definition) is 4. The van der Waals surface area contributed by atoms with Gasteiger partial charge >= 0.3 is 0 Å². The van der Waals surface area contributed by atoms with Crippen molar-refractivity contribution in [3.05, 3.63) is 38.5 Å². The van der Waals surface area contributed by atoms with E-state index in [2.05, 4.69) is 47.0 Å². The minimum absolute atomic E-state index is 0.268. The van der Waals surface area contributed by atoms with Gasteiger partial charge in [0.25, 0.3) is 0 Å². The number of nitrogens with zero attached hydrogens (tertiary/aromatic N) is 1. The van der Waals surface area contributed by atoms with Crippen molar-refractivity contribution in [1.82, 2.24) is 10.3 Å². The van der Waals surface area contributed by atoms with Crippen molar-refractivity contribution in [2.45, 2.75) is 26.3 Å². The largest absolute Gasteiger partial charge is 0.304 e. The maximum absolute atomic E-state index is 4.58. The molecule has 0 spiro atoms. The maximum Gasteiger partial charge on any atom is 0.0898 e. The second kappa shape index (κ2) is 5.57. The Bertz CT molecular complexity index is 420. The molecule has 1 N–H and O–H groups in total. The summed E-state index contributed by atoms with van der Waals surface area (Å²) in [4.78, 5) is 5.93. The molecular formula is C12H16N2S2. The molecule has 1 unspecified atom stereocenters. The van der Waals surface area contributed by atoms with E-state index in [0.717, 1.165) is 23.7 Å². The zero-order chi connectivity index (χ0) is 11.4. The molecule has 0 aliphatic heterocycles. The van der Waals surface area contributed by atoms with Crippen LogP contribution < -0.4 is 5.32 Å². The van der Waals surface area contributed by atoms with Gasteiger partial charge in [0.05, 0.1) is 16.7 Å². The van der Waals surface area contributed by atoms with Crippen LogP contribution in [-0.4, -0.2) is 11.5 Å². The van der Waals surface area contributed by atoms with Gasteiger partial charge in [-0.3, -0.25) is 0 Å². The summed E-state index contributed by atoms with van der Waals surface area (Å²) in [5.41, 5.74) is 1.15. The quantitative estimate of drug-likeness (QED) is 0.879. The van der Waals surface area contributed by atoms with Gasteiger partial charge in [0.15, 0.2) is 0 Å². The van der Waals surface area contributed by atoms with Gasteiger partial charge in [0.2, 0.25) is 0 Å². The highest BCUT2D eigenvalue weighted by molar-refractivity contribution is 7.10. The van der Waals surface area contributed by atoms with Gasteiger partial charge in [0.1, 0.15) is 0 Å². The van der Waals surface area contributed by atoms with Crippen LogP contribution in [0.4, 0.5) is 0 Å². The van der Waals surface area contributed by atoms with E-state index in [0.29, 0.717) is 0 Å². The molecule has 2 aromatic heterocycles. The van der Waals surface area contributed by atoms with Crippen LogP contribution >= 0.6 is 22.7 Å². The molecule has 2 aromatic rings. The Morgan fingerprint density at radius 2 is 2.31 bits per heavy atom. The second-order valence-corrected chi connectivity index (χ2v) is 5.74. The molecular weight excluding hydrogens is 236 g/mol. The fraction of sp³-hybridized carbons (Fsp3) is 0.417. The molecule has 4 heteroatoms. The van der Waals surface area contributed by atoms with Crippen molar-refractivity contribution in [1.29, 1.82) is 0 Å². The lowest BCUT2D eigenvalue weighted by Crippen LogP contribution is -2.22. The summed E-state index contributed by atoms with van der Waals surface area (Å²) in [7, 11) is 0. The summed E-state index contributed by atoms with van der Waals surface area (Å²) in [6.45, 7) is 5.27. The smallest absolute Gasteiger partial charge is 0.0898 e. The number of aromatic nitrogens is 1. The van der Waals surface area contributed by atoms with Crippen LogP contribution in [0.5, 0.6) is 0 Å². The zero-order valence-corrected chi connectivity index (χ0v) is 11.2. The SMILES string of the molecule is CCCNC(c1csc(C)n1)c1cccs1. The Morgan fingerprint density at radius 1 is 1.44 bits per heavy atom. The summed E-state index contributed by atoms with van der Waals surface area (Å²) in [6.07, 6.45) is 1.14. The Morgan fingerprint density at radius 3 is 2.88 bits per heavy atom. The molecule has 2 rings (SSSR count). The van der Waals surface area contributed by atoms with Crippen molar-refractivity contribution in [3.63, 3.8) is 0 Å². The summed E-state index contributed by atoms with van der Waals surface area (Å²) in [5, 5.41) is 8.97. The molecule has 0 saturated heterocycles. The lowest BCUT2D eigenvalue weighted by Gasteiger charge is -2.14. The Kier molecular flexibility index (Phi) is 4.09. The monoisotopic (exact) mass is 252 g/mol. The molecule has 0 bridgehead atoms. The van der Waals surface area contributed by atoms with Crippen molar-refractivity contribution < 1.29 is 0 Å². The molecule has 0 fully saturated rings. The first-order valence-electron chi connectivity index (χ1n) is 5.50. The van der Waals surface area contributed by atoms with Crippen LogP contribution in [0.1, 0.15) is 35.0 Å². The Balaban J connectivity index is 2.21. The Hall–Kier alpha value is -0.710. The van der Waals surface area contributed by atoms with E-state index < -0.39 is 0 Å². The van der Waals surface area contributed by atoms with Crippen molar-refractivity contribution in [2.75, 3.05) is 6.54 Å². The number of hydrogen-bond donors (Lipinski definition) is 1. The fourth-order valence-electron chi connectivity index (χ4n) is 1.61. The van der Waals surface area contributed by atoms with Gasteiger partial charge in [-0.1, -0.05) is 13.0 Å². The van der Waals surface area contributed by atoms with E-state index in [1.165, 1.54) is 4.88 Å². The van der Waals surface area contributed by atoms with E-state index in [1.807, 2.05) is 0 Å². The fourth-order valence-corrected chi connectivity index (χ4v) is 3.06. The molecule has 0 amide bonds. The van der Waals surface area contributed by atoms with Gasteiger partial charge in [-0.2, -0.15) is 0 Å². The standard InChI is InChI=1S/C12H16N2S2/c1-3-6-13-12(11-5-4-7-15-11)10-8-16-9(2)14-10/h4-5,7-8,12-13H,3,6H2,1-2H3. The van der Waals surface area contributed by atoms with Crippen LogP contribution in [0.15, 0.2) is 22.9 Å². The average Bonchev–Trinajstić information content (AvgIpc) is 2.91. The molecule has 16 heavy (non-hydrogen) atoms. The van der Waals surface area contributed by atoms with Gasteiger partial charge in [0, 0.05) is 10.3 Å². The van der Waals surface area contributed by atoms with E-state index >= 15 is 0 Å². The van der Waals surface area contributed by atoms with Crippen LogP contribution in [0, 0.1) is 6.92 Å². The predicted octanol–water partition coefficient (Wildman–Crippen LogP) is 3.60. The van der Waals surface area contributed by atoms with E-state index in [4.69, 9.17) is 0 Å². The zero-order valence-electron chi connectivity index (χ0n) is 9.56. The third-order valence-corrected chi connectivity index (χ3v) is 4.09. The topological polar surface area (TPSA) is 24.9 Å². The van der Waals surface area contributed by atoms with Crippen LogP contribution in [0.25, 0.3) is 0 Å². The minimum Gasteiger partial charge on any atom is -0.304 e. The average molecular weight is 252 g/mol. The third kappa shape index (κ3) is 2.70. The Labute approximate surface area is 104 Å². The number of thiophene rings is 1. The minimum atomic E-state index is 0.268. The van der Waals surface area contributed by atoms with Gasteiger partial charge in [-0.25, -0.2) is 4.98 Å². The molecule has 2 heterocycles. The predicted molar refractivity (Wildman–Crippen MR) is 71.3 cm³/mol. The van der Waals surface area contributed by atoms with Crippen LogP contribution in [0.3, 0.4) is 0 Å². The summed E-state index contributed by atoms with van der Waals surface area (Å²) in [5.74, 6) is 0. The highest BCUT2D eigenvalue weighted by Gasteiger charge is 2.16. The molecule has 0 aliphatic carbocycles. The van der Waals surface area contributed by atoms with E-state index in [-0.39, 0.29) is 6.04 Å². The van der Waals surface area contributed by atoms with Crippen molar-refractivity contribution in [2.24, 2.45) is 0 Å². The molecule has 86 valence electrons. The number of rotatable bonds is 5. The van der Waals surface area contributed by atoms with Gasteiger partial charge in [-0.15, -0.1) is 22.7 Å². The molecule has 0 saturated carbocycles. The second-order valence-electron chi connectivity index (χ2n) is 3.69. The summed E-state index contributed by atoms with van der Waals surface area (Å²) in [6, 6.07) is 4.54. The highest BCUT2D eigenvalue weighted by atomic mass is 32.1. The molecule has 0 radical (unpaired) electrons. The molecule has 0 aliphatic rings. The number of nitrogens with one attached hydrogen (secondary N) is 1. The normalized spacial score (nSPS) is 12.9. The third-order valence-electron chi connectivity index (χ3n) is 2.36. The maximum atomic E-state index is 4.58. The van der Waals surface area contributed by atoms with E-state index in [1.54, 1.807) is 22.7 Å². The lowest BCUT2D eigenvalue weighted by atomic mass is 10.2. The van der Waals surface area contributed by atoms with Crippen LogP contribution in [-0.2, 0) is 0 Å². The number of thiazole rings is 1. The van der Waals surface area contributed by atoms with E-state index in [9.17, 15) is 0 Å². The van der Waals surface area contributed by atoms with Crippen molar-refractivity contribution in [3.8, 4) is 0 Å². The molecule has 2 nitrogen and oxygen atoms in total. The molecule has 1 atom stereocenters. The summed E-state index contributed by atoms with van der Waals surface area (Å²) >= 11 is 3.50. The van der Waals surface area contributed by atoms with Gasteiger partial charge in [-0.05, 0) is 31.3 Å².